The first kappa shape index (κ1) is 9.45. The smallest absolute Gasteiger partial charge is 0.232 e. The highest BCUT2D eigenvalue weighted by atomic mass is 32.1. The van der Waals surface area contributed by atoms with Crippen molar-refractivity contribution in [2.24, 2.45) is 0 Å². The van der Waals surface area contributed by atoms with Crippen LogP contribution < -0.4 is 0 Å². The number of thiazole rings is 1. The van der Waals surface area contributed by atoms with E-state index < -0.39 is 11.2 Å². The van der Waals surface area contributed by atoms with Crippen molar-refractivity contribution in [3.8, 4) is 0 Å². The standard InChI is InChI=1S/C9H6F3NS/c1-5-2-3-7-6(4-5)13-8(14-7)9(10,11)12/h2-4H,1H3. The van der Waals surface area contributed by atoms with E-state index in [1.54, 1.807) is 18.2 Å². The highest BCUT2D eigenvalue weighted by Crippen LogP contribution is 2.35. The fourth-order valence-corrected chi connectivity index (χ4v) is 1.97. The number of benzene rings is 1. The van der Waals surface area contributed by atoms with E-state index in [2.05, 4.69) is 4.98 Å². The number of rotatable bonds is 0. The Morgan fingerprint density at radius 1 is 1.29 bits per heavy atom. The van der Waals surface area contributed by atoms with Crippen LogP contribution >= 0.6 is 11.3 Å². The molecule has 1 heterocycles. The number of hydrogen-bond acceptors (Lipinski definition) is 2. The summed E-state index contributed by atoms with van der Waals surface area (Å²) >= 11 is 0.677. The number of fused-ring (bicyclic) bond motifs is 1. The van der Waals surface area contributed by atoms with Crippen LogP contribution in [0.3, 0.4) is 0 Å². The van der Waals surface area contributed by atoms with Gasteiger partial charge in [-0.25, -0.2) is 4.98 Å². The second kappa shape index (κ2) is 2.95. The highest BCUT2D eigenvalue weighted by Gasteiger charge is 2.34. The first-order valence-electron chi connectivity index (χ1n) is 3.91. The number of nitrogens with zero attached hydrogens (tertiary/aromatic N) is 1. The summed E-state index contributed by atoms with van der Waals surface area (Å²) in [5.74, 6) is 0. The van der Waals surface area contributed by atoms with Crippen LogP contribution in [0.15, 0.2) is 18.2 Å². The lowest BCUT2D eigenvalue weighted by atomic mass is 10.2. The summed E-state index contributed by atoms with van der Waals surface area (Å²) in [6, 6.07) is 5.10. The third-order valence-corrected chi connectivity index (χ3v) is 2.87. The molecule has 2 rings (SSSR count). The van der Waals surface area contributed by atoms with Crippen LogP contribution in [0.5, 0.6) is 0 Å². The van der Waals surface area contributed by atoms with E-state index in [9.17, 15) is 13.2 Å². The third kappa shape index (κ3) is 1.59. The Kier molecular flexibility index (Phi) is 1.99. The summed E-state index contributed by atoms with van der Waals surface area (Å²) in [6.45, 7) is 1.83. The molecule has 14 heavy (non-hydrogen) atoms. The first-order chi connectivity index (χ1) is 6.47. The summed E-state index contributed by atoms with van der Waals surface area (Å²) in [5.41, 5.74) is 1.33. The predicted octanol–water partition coefficient (Wildman–Crippen LogP) is 3.62. The SMILES string of the molecule is Cc1ccc2sc(C(F)(F)F)nc2c1. The third-order valence-electron chi connectivity index (χ3n) is 1.79. The minimum Gasteiger partial charge on any atom is -0.232 e. The maximum absolute atomic E-state index is 12.3. The maximum Gasteiger partial charge on any atom is 0.443 e. The van der Waals surface area contributed by atoms with Crippen LogP contribution in [-0.2, 0) is 6.18 Å². The quantitative estimate of drug-likeness (QED) is 0.656. The number of alkyl halides is 3. The van der Waals surface area contributed by atoms with Crippen molar-refractivity contribution < 1.29 is 13.2 Å². The van der Waals surface area contributed by atoms with E-state index in [0.29, 0.717) is 21.6 Å². The van der Waals surface area contributed by atoms with Gasteiger partial charge in [-0.3, -0.25) is 0 Å². The van der Waals surface area contributed by atoms with Gasteiger partial charge in [-0.05, 0) is 24.6 Å². The van der Waals surface area contributed by atoms with Crippen molar-refractivity contribution in [1.82, 2.24) is 4.98 Å². The van der Waals surface area contributed by atoms with Gasteiger partial charge < -0.3 is 0 Å². The molecule has 0 aliphatic carbocycles. The molecule has 0 bridgehead atoms. The van der Waals surface area contributed by atoms with E-state index in [0.717, 1.165) is 5.56 Å². The van der Waals surface area contributed by atoms with Gasteiger partial charge >= 0.3 is 6.18 Å². The molecule has 0 N–H and O–H groups in total. The lowest BCUT2D eigenvalue weighted by Crippen LogP contribution is -2.03. The molecule has 0 saturated heterocycles. The average Bonchev–Trinajstić information content (AvgIpc) is 2.45. The Bertz CT molecular complexity index is 472. The van der Waals surface area contributed by atoms with Crippen LogP contribution in [0.2, 0.25) is 0 Å². The highest BCUT2D eigenvalue weighted by molar-refractivity contribution is 7.18. The second-order valence-electron chi connectivity index (χ2n) is 2.99. The minimum absolute atomic E-state index is 0.419. The van der Waals surface area contributed by atoms with Crippen LogP contribution in [0.25, 0.3) is 10.2 Å². The van der Waals surface area contributed by atoms with E-state index >= 15 is 0 Å². The van der Waals surface area contributed by atoms with Gasteiger partial charge in [0.1, 0.15) is 0 Å². The Morgan fingerprint density at radius 3 is 2.64 bits per heavy atom. The first-order valence-corrected chi connectivity index (χ1v) is 4.73. The molecular weight excluding hydrogens is 211 g/mol. The molecule has 74 valence electrons. The van der Waals surface area contributed by atoms with Crippen molar-refractivity contribution in [2.45, 2.75) is 13.1 Å². The largest absolute Gasteiger partial charge is 0.443 e. The molecule has 0 saturated carbocycles. The summed E-state index contributed by atoms with van der Waals surface area (Å²) in [7, 11) is 0. The molecule has 0 spiro atoms. The summed E-state index contributed by atoms with van der Waals surface area (Å²) in [5, 5.41) is -0.780. The van der Waals surface area contributed by atoms with Crippen molar-refractivity contribution in [1.29, 1.82) is 0 Å². The van der Waals surface area contributed by atoms with Crippen LogP contribution in [0.1, 0.15) is 10.6 Å². The lowest BCUT2D eigenvalue weighted by molar-refractivity contribution is -0.137. The van der Waals surface area contributed by atoms with Gasteiger partial charge in [0, 0.05) is 0 Å². The molecule has 0 fully saturated rings. The molecule has 0 unspecified atom stereocenters. The van der Waals surface area contributed by atoms with E-state index in [1.807, 2.05) is 6.92 Å². The molecule has 0 amide bonds. The Labute approximate surface area is 82.2 Å². The van der Waals surface area contributed by atoms with Gasteiger partial charge in [0.25, 0.3) is 0 Å². The summed E-state index contributed by atoms with van der Waals surface area (Å²) in [4.78, 5) is 3.54. The molecule has 1 aromatic carbocycles. The molecule has 0 aliphatic rings. The van der Waals surface area contributed by atoms with E-state index in [1.165, 1.54) is 0 Å². The minimum atomic E-state index is -4.34. The number of halogens is 3. The molecule has 0 aliphatic heterocycles. The van der Waals surface area contributed by atoms with E-state index in [-0.39, 0.29) is 0 Å². The summed E-state index contributed by atoms with van der Waals surface area (Å²) < 4.78 is 37.4. The number of aryl methyl sites for hydroxylation is 1. The Morgan fingerprint density at radius 2 is 2.00 bits per heavy atom. The van der Waals surface area contributed by atoms with Gasteiger partial charge in [-0.15, -0.1) is 11.3 Å². The van der Waals surface area contributed by atoms with Crippen LogP contribution in [0, 0.1) is 6.92 Å². The molecule has 2 aromatic rings. The van der Waals surface area contributed by atoms with Crippen molar-refractivity contribution >= 4 is 21.6 Å². The lowest BCUT2D eigenvalue weighted by Gasteiger charge is -1.98. The van der Waals surface area contributed by atoms with Crippen molar-refractivity contribution in [3.05, 3.63) is 28.8 Å². The topological polar surface area (TPSA) is 12.9 Å². The fraction of sp³-hybridized carbons (Fsp3) is 0.222. The van der Waals surface area contributed by atoms with Gasteiger partial charge in [0.15, 0.2) is 5.01 Å². The van der Waals surface area contributed by atoms with Gasteiger partial charge in [0.2, 0.25) is 0 Å². The van der Waals surface area contributed by atoms with Crippen molar-refractivity contribution in [2.75, 3.05) is 0 Å². The normalized spacial score (nSPS) is 12.3. The Balaban J connectivity index is 2.63. The maximum atomic E-state index is 12.3. The number of hydrogen-bond donors (Lipinski definition) is 0. The van der Waals surface area contributed by atoms with Gasteiger partial charge in [0.05, 0.1) is 10.2 Å². The molecule has 0 atom stereocenters. The van der Waals surface area contributed by atoms with Crippen molar-refractivity contribution in [3.63, 3.8) is 0 Å². The zero-order valence-corrected chi connectivity index (χ0v) is 8.04. The zero-order valence-electron chi connectivity index (χ0n) is 7.22. The Hall–Kier alpha value is -1.10. The zero-order chi connectivity index (χ0) is 10.3. The molecule has 0 radical (unpaired) electrons. The molecule has 5 heteroatoms. The molecule has 1 nitrogen and oxygen atoms in total. The number of aromatic nitrogens is 1. The van der Waals surface area contributed by atoms with Crippen LogP contribution in [-0.4, -0.2) is 4.98 Å². The summed E-state index contributed by atoms with van der Waals surface area (Å²) in [6.07, 6.45) is -4.34. The van der Waals surface area contributed by atoms with Gasteiger partial charge in [-0.1, -0.05) is 6.07 Å². The molecular formula is C9H6F3NS. The van der Waals surface area contributed by atoms with E-state index in [4.69, 9.17) is 0 Å². The fourth-order valence-electron chi connectivity index (χ4n) is 1.16. The second-order valence-corrected chi connectivity index (χ2v) is 4.02. The molecule has 1 aromatic heterocycles. The predicted molar refractivity (Wildman–Crippen MR) is 49.4 cm³/mol. The average molecular weight is 217 g/mol. The van der Waals surface area contributed by atoms with Gasteiger partial charge in [-0.2, -0.15) is 13.2 Å². The monoisotopic (exact) mass is 217 g/mol. The van der Waals surface area contributed by atoms with Crippen LogP contribution in [0.4, 0.5) is 13.2 Å².